The molecule has 4 aromatic rings. The molecule has 0 aliphatic carbocycles. The molecule has 0 bridgehead atoms. The van der Waals surface area contributed by atoms with Crippen LogP contribution < -0.4 is 10.6 Å². The number of H-pyrrole nitrogens is 1. The minimum atomic E-state index is -0.464. The number of anilines is 2. The fourth-order valence-electron chi connectivity index (χ4n) is 2.53. The normalized spacial score (nSPS) is 10.9. The molecule has 2 amide bonds. The van der Waals surface area contributed by atoms with Gasteiger partial charge in [0.1, 0.15) is 11.5 Å². The second-order valence-corrected chi connectivity index (χ2v) is 5.27. The Labute approximate surface area is 135 Å². The monoisotopic (exact) mass is 321 g/mol. The summed E-state index contributed by atoms with van der Waals surface area (Å²) in [6, 6.07) is 8.29. The van der Waals surface area contributed by atoms with E-state index in [1.165, 1.54) is 6.07 Å². The average Bonchev–Trinajstić information content (AvgIpc) is 2.97. The summed E-state index contributed by atoms with van der Waals surface area (Å²) >= 11 is 0. The van der Waals surface area contributed by atoms with E-state index in [1.807, 2.05) is 18.2 Å². The fraction of sp³-hybridized carbons (Fsp3) is 0. The van der Waals surface area contributed by atoms with Crippen LogP contribution in [0.15, 0.2) is 55.1 Å². The number of carbonyl (C=O) groups is 1. The Bertz CT molecular complexity index is 1060. The predicted octanol–water partition coefficient (Wildman–Crippen LogP) is 3.89. The Kier molecular flexibility index (Phi) is 3.31. The molecule has 0 aliphatic rings. The van der Waals surface area contributed by atoms with Crippen molar-refractivity contribution in [3.05, 3.63) is 60.9 Å². The molecular weight excluding hydrogens is 309 g/mol. The largest absolute Gasteiger partial charge is 0.344 e. The highest BCUT2D eigenvalue weighted by atomic mass is 19.1. The molecule has 24 heavy (non-hydrogen) atoms. The van der Waals surface area contributed by atoms with Crippen molar-refractivity contribution in [2.24, 2.45) is 0 Å². The third-order valence-corrected chi connectivity index (χ3v) is 3.64. The molecule has 0 spiro atoms. The Balaban J connectivity index is 1.55. The van der Waals surface area contributed by atoms with Crippen molar-refractivity contribution in [3.63, 3.8) is 0 Å². The van der Waals surface area contributed by atoms with Gasteiger partial charge in [0, 0.05) is 35.1 Å². The lowest BCUT2D eigenvalue weighted by Gasteiger charge is -2.07. The van der Waals surface area contributed by atoms with Gasteiger partial charge in [-0.25, -0.2) is 14.2 Å². The quantitative estimate of drug-likeness (QED) is 0.524. The first kappa shape index (κ1) is 14.1. The minimum Gasteiger partial charge on any atom is -0.344 e. The number of hydrogen-bond donors (Lipinski definition) is 3. The number of hydrogen-bond acceptors (Lipinski definition) is 3. The Morgan fingerprint density at radius 3 is 2.92 bits per heavy atom. The van der Waals surface area contributed by atoms with Gasteiger partial charge >= 0.3 is 6.03 Å². The topological polar surface area (TPSA) is 82.7 Å². The third kappa shape index (κ3) is 2.63. The molecule has 0 fully saturated rings. The lowest BCUT2D eigenvalue weighted by molar-refractivity contribution is 0.262. The first-order valence-corrected chi connectivity index (χ1v) is 7.23. The molecule has 1 aromatic carbocycles. The Morgan fingerprint density at radius 1 is 1.08 bits per heavy atom. The number of urea groups is 1. The number of aromatic amines is 1. The summed E-state index contributed by atoms with van der Waals surface area (Å²) < 4.78 is 13.3. The average molecular weight is 321 g/mol. The number of halogens is 1. The standard InChI is InChI=1S/C17H12FN5O/c18-12-6-14-15(9-21-16(14)20-8-12)23-17(24)22-13-2-1-11-7-19-4-3-10(11)5-13/h1-9H,(H,20,21)(H2,22,23,24). The van der Waals surface area contributed by atoms with Crippen molar-refractivity contribution in [1.29, 1.82) is 0 Å². The van der Waals surface area contributed by atoms with Crippen molar-refractivity contribution < 1.29 is 9.18 Å². The van der Waals surface area contributed by atoms with E-state index < -0.39 is 11.8 Å². The van der Waals surface area contributed by atoms with E-state index in [0.29, 0.717) is 22.4 Å². The lowest BCUT2D eigenvalue weighted by atomic mass is 10.1. The number of nitrogens with zero attached hydrogens (tertiary/aromatic N) is 2. The van der Waals surface area contributed by atoms with Crippen LogP contribution >= 0.6 is 0 Å². The van der Waals surface area contributed by atoms with Gasteiger partial charge in [-0.05, 0) is 29.7 Å². The molecule has 118 valence electrons. The molecule has 0 unspecified atom stereocenters. The number of carbonyl (C=O) groups excluding carboxylic acids is 1. The maximum absolute atomic E-state index is 13.3. The van der Waals surface area contributed by atoms with E-state index in [2.05, 4.69) is 25.6 Å². The van der Waals surface area contributed by atoms with Crippen LogP contribution in [0.2, 0.25) is 0 Å². The van der Waals surface area contributed by atoms with Crippen LogP contribution in [0, 0.1) is 5.82 Å². The van der Waals surface area contributed by atoms with E-state index in [1.54, 1.807) is 24.7 Å². The molecule has 6 nitrogen and oxygen atoms in total. The van der Waals surface area contributed by atoms with Gasteiger partial charge in [0.2, 0.25) is 0 Å². The van der Waals surface area contributed by atoms with Crippen LogP contribution in [0.5, 0.6) is 0 Å². The van der Waals surface area contributed by atoms with Crippen LogP contribution in [-0.2, 0) is 0 Å². The number of benzene rings is 1. The van der Waals surface area contributed by atoms with Gasteiger partial charge in [0.05, 0.1) is 11.9 Å². The van der Waals surface area contributed by atoms with Crippen LogP contribution in [0.4, 0.5) is 20.6 Å². The smallest absolute Gasteiger partial charge is 0.323 e. The van der Waals surface area contributed by atoms with Gasteiger partial charge in [-0.15, -0.1) is 0 Å². The van der Waals surface area contributed by atoms with Crippen LogP contribution in [0.25, 0.3) is 21.8 Å². The zero-order valence-electron chi connectivity index (χ0n) is 12.4. The zero-order valence-corrected chi connectivity index (χ0v) is 12.4. The summed E-state index contributed by atoms with van der Waals surface area (Å²) in [5.74, 6) is -0.464. The molecule has 0 atom stereocenters. The van der Waals surface area contributed by atoms with Crippen molar-refractivity contribution in [1.82, 2.24) is 15.0 Å². The highest BCUT2D eigenvalue weighted by Crippen LogP contribution is 2.23. The molecule has 3 N–H and O–H groups in total. The second-order valence-electron chi connectivity index (χ2n) is 5.27. The van der Waals surface area contributed by atoms with E-state index in [4.69, 9.17) is 0 Å². The van der Waals surface area contributed by atoms with Gasteiger partial charge in [-0.3, -0.25) is 4.98 Å². The van der Waals surface area contributed by atoms with Gasteiger partial charge in [-0.1, -0.05) is 6.07 Å². The van der Waals surface area contributed by atoms with Gasteiger partial charge in [0.15, 0.2) is 0 Å². The van der Waals surface area contributed by atoms with Gasteiger partial charge < -0.3 is 15.6 Å². The number of pyridine rings is 2. The van der Waals surface area contributed by atoms with E-state index in [0.717, 1.165) is 17.0 Å². The van der Waals surface area contributed by atoms with Crippen LogP contribution in [0.1, 0.15) is 0 Å². The Morgan fingerprint density at radius 2 is 2.00 bits per heavy atom. The number of amides is 2. The summed E-state index contributed by atoms with van der Waals surface area (Å²) in [7, 11) is 0. The molecule has 0 saturated heterocycles. The first-order chi connectivity index (χ1) is 11.7. The molecule has 3 heterocycles. The second kappa shape index (κ2) is 5.62. The van der Waals surface area contributed by atoms with Gasteiger partial charge in [-0.2, -0.15) is 0 Å². The summed E-state index contributed by atoms with van der Waals surface area (Å²) in [5, 5.41) is 7.91. The van der Waals surface area contributed by atoms with Crippen molar-refractivity contribution in [2.75, 3.05) is 10.6 Å². The zero-order chi connectivity index (χ0) is 16.5. The van der Waals surface area contributed by atoms with Crippen LogP contribution in [0.3, 0.4) is 0 Å². The predicted molar refractivity (Wildman–Crippen MR) is 90.4 cm³/mol. The number of nitrogens with one attached hydrogen (secondary N) is 3. The maximum atomic E-state index is 13.3. The van der Waals surface area contributed by atoms with Gasteiger partial charge in [0.25, 0.3) is 0 Å². The molecule has 4 rings (SSSR count). The summed E-state index contributed by atoms with van der Waals surface area (Å²) in [6.45, 7) is 0. The summed E-state index contributed by atoms with van der Waals surface area (Å²) in [4.78, 5) is 23.0. The molecular formula is C17H12FN5O. The number of rotatable bonds is 2. The molecule has 0 saturated carbocycles. The SMILES string of the molecule is O=C(Nc1ccc2cnccc2c1)Nc1c[nH]c2ncc(F)cc12. The molecule has 3 aromatic heterocycles. The first-order valence-electron chi connectivity index (χ1n) is 7.23. The Hall–Kier alpha value is -3.48. The molecule has 0 radical (unpaired) electrons. The van der Waals surface area contributed by atoms with E-state index >= 15 is 0 Å². The maximum Gasteiger partial charge on any atom is 0.323 e. The van der Waals surface area contributed by atoms with Crippen LogP contribution in [-0.4, -0.2) is 21.0 Å². The minimum absolute atomic E-state index is 0.423. The van der Waals surface area contributed by atoms with Crippen molar-refractivity contribution in [3.8, 4) is 0 Å². The molecule has 0 aliphatic heterocycles. The highest BCUT2D eigenvalue weighted by Gasteiger charge is 2.09. The molecule has 7 heteroatoms. The number of fused-ring (bicyclic) bond motifs is 2. The lowest BCUT2D eigenvalue weighted by Crippen LogP contribution is -2.19. The number of aromatic nitrogens is 3. The van der Waals surface area contributed by atoms with E-state index in [9.17, 15) is 9.18 Å². The van der Waals surface area contributed by atoms with Crippen molar-refractivity contribution in [2.45, 2.75) is 0 Å². The van der Waals surface area contributed by atoms with Crippen molar-refractivity contribution >= 4 is 39.2 Å². The highest BCUT2D eigenvalue weighted by molar-refractivity contribution is 6.05. The van der Waals surface area contributed by atoms with E-state index in [-0.39, 0.29) is 0 Å². The summed E-state index contributed by atoms with van der Waals surface area (Å²) in [6.07, 6.45) is 6.14. The fourth-order valence-corrected chi connectivity index (χ4v) is 2.53. The third-order valence-electron chi connectivity index (χ3n) is 3.64. The summed E-state index contributed by atoms with van der Waals surface area (Å²) in [5.41, 5.74) is 1.61.